The predicted octanol–water partition coefficient (Wildman–Crippen LogP) is 7.36. The summed E-state index contributed by atoms with van der Waals surface area (Å²) in [5, 5.41) is 17.8. The number of rotatable bonds is 10. The van der Waals surface area contributed by atoms with Gasteiger partial charge in [0.1, 0.15) is 12.2 Å². The molecule has 9 nitrogen and oxygen atoms in total. The maximum Gasteiger partial charge on any atom is 0.410 e. The van der Waals surface area contributed by atoms with E-state index in [1.165, 1.54) is 28.5 Å². The van der Waals surface area contributed by atoms with Gasteiger partial charge in [0.05, 0.1) is 23.6 Å². The van der Waals surface area contributed by atoms with Gasteiger partial charge in [-0.2, -0.15) is 5.10 Å². The number of likely N-dealkylation sites (tertiary alicyclic amines) is 1. The molecule has 0 saturated carbocycles. The Kier molecular flexibility index (Phi) is 9.19. The summed E-state index contributed by atoms with van der Waals surface area (Å²) in [5.41, 5.74) is 9.12. The lowest BCUT2D eigenvalue weighted by atomic mass is 9.85. The van der Waals surface area contributed by atoms with Crippen molar-refractivity contribution in [1.82, 2.24) is 19.7 Å². The summed E-state index contributed by atoms with van der Waals surface area (Å²) in [6, 6.07) is 19.1. The van der Waals surface area contributed by atoms with Crippen LogP contribution in [0.2, 0.25) is 0 Å². The lowest BCUT2D eigenvalue weighted by Crippen LogP contribution is -2.38. The number of nitrogens with one attached hydrogen (secondary N) is 1. The van der Waals surface area contributed by atoms with E-state index in [2.05, 4.69) is 60.3 Å². The van der Waals surface area contributed by atoms with Crippen LogP contribution in [-0.4, -0.2) is 56.5 Å². The molecule has 0 bridgehead atoms. The van der Waals surface area contributed by atoms with Crippen LogP contribution in [0.25, 0.3) is 17.1 Å². The molecule has 3 heterocycles. The Balaban J connectivity index is 1.22. The number of benzene rings is 2. The maximum atomic E-state index is 12.3. The molecule has 1 atom stereocenters. The van der Waals surface area contributed by atoms with E-state index >= 15 is 0 Å². The molecule has 1 unspecified atom stereocenters. The number of aromatic carboxylic acids is 1. The van der Waals surface area contributed by atoms with Gasteiger partial charge >= 0.3 is 12.1 Å². The quantitative estimate of drug-likeness (QED) is 0.179. The molecule has 1 fully saturated rings. The lowest BCUT2D eigenvalue weighted by Gasteiger charge is -2.32. The van der Waals surface area contributed by atoms with Gasteiger partial charge in [-0.3, -0.25) is 0 Å². The molecule has 46 heavy (non-hydrogen) atoms. The third kappa shape index (κ3) is 6.14. The molecule has 2 N–H and O–H groups in total. The minimum Gasteiger partial charge on any atom is -0.478 e. The van der Waals surface area contributed by atoms with E-state index < -0.39 is 5.97 Å². The highest BCUT2D eigenvalue weighted by atomic mass is 16.6. The second kappa shape index (κ2) is 13.6. The monoisotopic (exact) mass is 619 g/mol. The van der Waals surface area contributed by atoms with Gasteiger partial charge in [0.2, 0.25) is 0 Å². The first-order valence-electron chi connectivity index (χ1n) is 16.2. The van der Waals surface area contributed by atoms with Gasteiger partial charge in [-0.15, -0.1) is 0 Å². The number of aromatic nitrogens is 3. The molecule has 2 aromatic carbocycles. The normalized spacial score (nSPS) is 16.2. The van der Waals surface area contributed by atoms with Gasteiger partial charge in [0, 0.05) is 24.3 Å². The molecule has 4 aromatic rings. The smallest absolute Gasteiger partial charge is 0.410 e. The SMILES string of the molecule is C=CCOC(=O)N1CCC(c2ccc(NC3CCc4cccc(-c5cccc(-n6ncc(C(=O)O)c6CC)n5)c43)cc2CC)CC1. The topological polar surface area (TPSA) is 110 Å². The molecule has 9 heteroatoms. The molecular formula is C37H41N5O4. The van der Waals surface area contributed by atoms with E-state index in [4.69, 9.17) is 9.72 Å². The Bertz CT molecular complexity index is 1750. The summed E-state index contributed by atoms with van der Waals surface area (Å²) in [4.78, 5) is 30.8. The zero-order chi connectivity index (χ0) is 32.2. The highest BCUT2D eigenvalue weighted by Crippen LogP contribution is 2.41. The second-order valence-corrected chi connectivity index (χ2v) is 12.0. The van der Waals surface area contributed by atoms with Crippen LogP contribution >= 0.6 is 0 Å². The summed E-state index contributed by atoms with van der Waals surface area (Å²) < 4.78 is 6.87. The fourth-order valence-electron chi connectivity index (χ4n) is 7.03. The molecule has 1 aliphatic carbocycles. The summed E-state index contributed by atoms with van der Waals surface area (Å²) in [5.74, 6) is 0.0315. The predicted molar refractivity (Wildman–Crippen MR) is 179 cm³/mol. The largest absolute Gasteiger partial charge is 0.478 e. The van der Waals surface area contributed by atoms with Gasteiger partial charge in [-0.1, -0.05) is 56.8 Å². The van der Waals surface area contributed by atoms with Crippen molar-refractivity contribution in [3.63, 3.8) is 0 Å². The van der Waals surface area contributed by atoms with E-state index in [0.29, 0.717) is 36.9 Å². The Morgan fingerprint density at radius 3 is 2.61 bits per heavy atom. The minimum atomic E-state index is -0.986. The van der Waals surface area contributed by atoms with Crippen LogP contribution in [0, 0.1) is 0 Å². The summed E-state index contributed by atoms with van der Waals surface area (Å²) in [7, 11) is 0. The van der Waals surface area contributed by atoms with Crippen molar-refractivity contribution in [3.8, 4) is 17.1 Å². The summed E-state index contributed by atoms with van der Waals surface area (Å²) >= 11 is 0. The van der Waals surface area contributed by atoms with Crippen LogP contribution in [0.1, 0.15) is 83.4 Å². The minimum absolute atomic E-state index is 0.131. The molecular weight excluding hydrogens is 578 g/mol. The molecule has 1 aliphatic heterocycles. The van der Waals surface area contributed by atoms with Crippen molar-refractivity contribution in [3.05, 3.63) is 107 Å². The molecule has 238 valence electrons. The van der Waals surface area contributed by atoms with E-state index in [9.17, 15) is 14.7 Å². The Labute approximate surface area is 269 Å². The van der Waals surface area contributed by atoms with Crippen molar-refractivity contribution >= 4 is 17.7 Å². The van der Waals surface area contributed by atoms with Crippen molar-refractivity contribution in [2.24, 2.45) is 0 Å². The zero-order valence-corrected chi connectivity index (χ0v) is 26.5. The first-order chi connectivity index (χ1) is 22.4. The van der Waals surface area contributed by atoms with Gasteiger partial charge in [-0.05, 0) is 91.0 Å². The molecule has 0 radical (unpaired) electrons. The van der Waals surface area contributed by atoms with E-state index in [1.54, 1.807) is 15.7 Å². The highest BCUT2D eigenvalue weighted by Gasteiger charge is 2.28. The Morgan fingerprint density at radius 2 is 1.87 bits per heavy atom. The van der Waals surface area contributed by atoms with Crippen LogP contribution < -0.4 is 5.32 Å². The van der Waals surface area contributed by atoms with Gasteiger partial charge in [0.15, 0.2) is 5.82 Å². The Hall–Kier alpha value is -4.92. The molecule has 1 amide bonds. The number of amides is 1. The Morgan fingerprint density at radius 1 is 1.07 bits per heavy atom. The van der Waals surface area contributed by atoms with Crippen molar-refractivity contribution in [2.45, 2.75) is 64.3 Å². The number of nitrogens with zero attached hydrogens (tertiary/aromatic N) is 4. The van der Waals surface area contributed by atoms with Gasteiger partial charge in [0.25, 0.3) is 0 Å². The zero-order valence-electron chi connectivity index (χ0n) is 26.5. The van der Waals surface area contributed by atoms with Crippen molar-refractivity contribution in [1.29, 1.82) is 0 Å². The first kappa shape index (κ1) is 31.1. The van der Waals surface area contributed by atoms with Crippen LogP contribution in [0.4, 0.5) is 10.5 Å². The molecule has 2 aliphatic rings. The van der Waals surface area contributed by atoms with Crippen molar-refractivity contribution < 1.29 is 19.4 Å². The van der Waals surface area contributed by atoms with Crippen LogP contribution in [0.15, 0.2) is 73.4 Å². The third-order valence-corrected chi connectivity index (χ3v) is 9.29. The lowest BCUT2D eigenvalue weighted by molar-refractivity contribution is 0.0695. The fourth-order valence-corrected chi connectivity index (χ4v) is 7.03. The number of hydrogen-bond donors (Lipinski definition) is 2. The number of carboxylic acid groups (broad SMARTS) is 1. The highest BCUT2D eigenvalue weighted by molar-refractivity contribution is 5.88. The molecule has 2 aromatic heterocycles. The number of fused-ring (bicyclic) bond motifs is 1. The van der Waals surface area contributed by atoms with Gasteiger partial charge in [-0.25, -0.2) is 19.3 Å². The van der Waals surface area contributed by atoms with Gasteiger partial charge < -0.3 is 20.1 Å². The van der Waals surface area contributed by atoms with Crippen LogP contribution in [0.3, 0.4) is 0 Å². The third-order valence-electron chi connectivity index (χ3n) is 9.29. The van der Waals surface area contributed by atoms with E-state index in [0.717, 1.165) is 49.0 Å². The number of carbonyl (C=O) groups is 2. The van der Waals surface area contributed by atoms with Crippen LogP contribution in [-0.2, 0) is 24.0 Å². The summed E-state index contributed by atoms with van der Waals surface area (Å²) in [6.07, 6.45) is 8.01. The number of ether oxygens (including phenoxy) is 1. The number of anilines is 1. The number of aryl methyl sites for hydroxylation is 2. The fraction of sp³-hybridized carbons (Fsp3) is 0.351. The van der Waals surface area contributed by atoms with Crippen molar-refractivity contribution in [2.75, 3.05) is 25.0 Å². The number of piperidine rings is 1. The maximum absolute atomic E-state index is 12.3. The van der Waals surface area contributed by atoms with E-state index in [-0.39, 0.29) is 24.3 Å². The number of pyridine rings is 1. The molecule has 6 rings (SSSR count). The summed E-state index contributed by atoms with van der Waals surface area (Å²) in [6.45, 7) is 9.38. The number of hydrogen-bond acceptors (Lipinski definition) is 6. The average molecular weight is 620 g/mol. The number of carbonyl (C=O) groups excluding carboxylic acids is 1. The molecule has 1 saturated heterocycles. The second-order valence-electron chi connectivity index (χ2n) is 12.0. The first-order valence-corrected chi connectivity index (χ1v) is 16.2. The van der Waals surface area contributed by atoms with Crippen LogP contribution in [0.5, 0.6) is 0 Å². The molecule has 0 spiro atoms. The average Bonchev–Trinajstić information content (AvgIpc) is 3.72. The number of carboxylic acids is 1. The standard InChI is InChI=1S/C37H41N5O4/c1-4-21-46-37(45)41-19-17-25(18-20-41)28-15-14-27(22-24(28)5-2)39-32-16-13-26-9-7-10-29(35(26)32)31-11-8-12-34(40-31)42-33(6-3)30(23-38-42)36(43)44/h4,7-12,14-15,22-23,25,32,39H,1,5-6,13,16-21H2,2-3H3,(H,43,44). The van der Waals surface area contributed by atoms with E-state index in [1.807, 2.05) is 25.1 Å².